The number of hydrogen-bond acceptors (Lipinski definition) is 8. The van der Waals surface area contributed by atoms with Crippen LogP contribution in [0, 0.1) is 11.3 Å². The van der Waals surface area contributed by atoms with E-state index in [0.29, 0.717) is 30.6 Å². The third-order valence-electron chi connectivity index (χ3n) is 6.24. The summed E-state index contributed by atoms with van der Waals surface area (Å²) >= 11 is 0. The first-order valence-corrected chi connectivity index (χ1v) is 11.8. The molecule has 0 spiro atoms. The maximum absolute atomic E-state index is 13.5. The first-order chi connectivity index (χ1) is 18.5. The van der Waals surface area contributed by atoms with E-state index in [1.165, 1.54) is 15.9 Å². The van der Waals surface area contributed by atoms with Gasteiger partial charge in [-0.2, -0.15) is 18.4 Å². The number of nitrogens with two attached hydrogens (primary N) is 1. The number of aliphatic hydroxyl groups is 1. The molecule has 14 heteroatoms. The van der Waals surface area contributed by atoms with E-state index in [1.54, 1.807) is 24.3 Å². The van der Waals surface area contributed by atoms with E-state index in [9.17, 15) is 32.7 Å². The Morgan fingerprint density at radius 2 is 1.87 bits per heavy atom. The standard InChI is InChI=1S/C25H24F3N5O6/c26-25(27,28)19-9-15(8-14(11-29)18(19)12-30)31-23(36)21(35)22-24(37)33(5-7-39-22)17-3-1-2-16(10-17)32-4-6-38-13-20(32)34/h1-3,8-10,21-22,35H,4-7,11,13,29H2,(H,31,36)/t21-,22-/m1/s1. The molecule has 2 aromatic carbocycles. The molecule has 206 valence electrons. The Kier molecular flexibility index (Phi) is 8.17. The lowest BCUT2D eigenvalue weighted by Gasteiger charge is -2.35. The Labute approximate surface area is 220 Å². The molecule has 11 nitrogen and oxygen atoms in total. The van der Waals surface area contributed by atoms with Crippen LogP contribution >= 0.6 is 0 Å². The van der Waals surface area contributed by atoms with Gasteiger partial charge in [0.25, 0.3) is 17.7 Å². The van der Waals surface area contributed by atoms with Crippen LogP contribution in [0.1, 0.15) is 16.7 Å². The van der Waals surface area contributed by atoms with Crippen molar-refractivity contribution in [1.82, 2.24) is 0 Å². The minimum absolute atomic E-state index is 0.0477. The van der Waals surface area contributed by atoms with E-state index in [2.05, 4.69) is 5.32 Å². The van der Waals surface area contributed by atoms with Crippen LogP contribution in [0.2, 0.25) is 0 Å². The number of carbonyl (C=O) groups excluding carboxylic acids is 3. The van der Waals surface area contributed by atoms with Crippen molar-refractivity contribution < 1.29 is 42.1 Å². The number of nitrogens with zero attached hydrogens (tertiary/aromatic N) is 3. The van der Waals surface area contributed by atoms with Crippen LogP contribution < -0.4 is 20.9 Å². The number of amides is 3. The fourth-order valence-corrected chi connectivity index (χ4v) is 4.35. The quantitative estimate of drug-likeness (QED) is 0.486. The summed E-state index contributed by atoms with van der Waals surface area (Å²) < 4.78 is 51.0. The lowest BCUT2D eigenvalue weighted by molar-refractivity contribution is -0.150. The first-order valence-electron chi connectivity index (χ1n) is 11.8. The van der Waals surface area contributed by atoms with E-state index in [0.717, 1.165) is 6.07 Å². The summed E-state index contributed by atoms with van der Waals surface area (Å²) in [5.74, 6) is -2.19. The summed E-state index contributed by atoms with van der Waals surface area (Å²) in [5.41, 5.74) is 3.92. The summed E-state index contributed by atoms with van der Waals surface area (Å²) in [5, 5.41) is 21.9. The molecule has 2 heterocycles. The molecule has 0 aromatic heterocycles. The third-order valence-corrected chi connectivity index (χ3v) is 6.24. The number of alkyl halides is 3. The second-order valence-corrected chi connectivity index (χ2v) is 8.70. The maximum Gasteiger partial charge on any atom is 0.417 e. The van der Waals surface area contributed by atoms with Gasteiger partial charge in [-0.3, -0.25) is 14.4 Å². The molecule has 0 saturated carbocycles. The van der Waals surface area contributed by atoms with Gasteiger partial charge in [0.15, 0.2) is 12.2 Å². The number of carbonyl (C=O) groups is 3. The van der Waals surface area contributed by atoms with Gasteiger partial charge in [0, 0.05) is 36.7 Å². The summed E-state index contributed by atoms with van der Waals surface area (Å²) in [6, 6.07) is 9.68. The zero-order chi connectivity index (χ0) is 28.3. The molecule has 0 aliphatic carbocycles. The molecule has 2 aliphatic rings. The summed E-state index contributed by atoms with van der Waals surface area (Å²) in [7, 11) is 0. The number of aliphatic hydroxyl groups excluding tert-OH is 1. The number of nitrogens with one attached hydrogen (secondary N) is 1. The van der Waals surface area contributed by atoms with Crippen LogP contribution in [0.25, 0.3) is 0 Å². The molecule has 3 amide bonds. The van der Waals surface area contributed by atoms with Gasteiger partial charge >= 0.3 is 6.18 Å². The highest BCUT2D eigenvalue weighted by molar-refractivity contribution is 6.04. The van der Waals surface area contributed by atoms with Crippen molar-refractivity contribution in [1.29, 1.82) is 5.26 Å². The molecule has 2 atom stereocenters. The molecule has 2 fully saturated rings. The number of morpholine rings is 2. The zero-order valence-corrected chi connectivity index (χ0v) is 20.4. The minimum Gasteiger partial charge on any atom is -0.380 e. The maximum atomic E-state index is 13.5. The van der Waals surface area contributed by atoms with Crippen LogP contribution in [0.4, 0.5) is 30.2 Å². The molecule has 2 saturated heterocycles. The van der Waals surface area contributed by atoms with Crippen molar-refractivity contribution in [3.8, 4) is 6.07 Å². The highest BCUT2D eigenvalue weighted by Gasteiger charge is 2.40. The molecular weight excluding hydrogens is 523 g/mol. The van der Waals surface area contributed by atoms with Crippen molar-refractivity contribution in [2.75, 3.05) is 48.0 Å². The Morgan fingerprint density at radius 1 is 1.18 bits per heavy atom. The third kappa shape index (κ3) is 5.86. The first kappa shape index (κ1) is 28.0. The molecule has 2 aliphatic heterocycles. The molecule has 39 heavy (non-hydrogen) atoms. The zero-order valence-electron chi connectivity index (χ0n) is 20.4. The number of hydrogen-bond donors (Lipinski definition) is 3. The SMILES string of the molecule is N#Cc1c(CN)cc(NC(=O)[C@H](O)[C@H]2OCCN(c3cccc(N4CCOCC4=O)c3)C2=O)cc1C(F)(F)F. The Morgan fingerprint density at radius 3 is 2.51 bits per heavy atom. The molecule has 0 radical (unpaired) electrons. The fraction of sp³-hybridized carbons (Fsp3) is 0.360. The van der Waals surface area contributed by atoms with Crippen molar-refractivity contribution in [3.63, 3.8) is 0 Å². The van der Waals surface area contributed by atoms with Gasteiger partial charge in [-0.1, -0.05) is 6.07 Å². The summed E-state index contributed by atoms with van der Waals surface area (Å²) in [6.07, 6.45) is -8.63. The van der Waals surface area contributed by atoms with Gasteiger partial charge in [0.05, 0.1) is 24.3 Å². The predicted molar refractivity (Wildman–Crippen MR) is 130 cm³/mol. The molecule has 0 bridgehead atoms. The van der Waals surface area contributed by atoms with Crippen molar-refractivity contribution in [2.24, 2.45) is 5.73 Å². The lowest BCUT2D eigenvalue weighted by atomic mass is 10.00. The van der Waals surface area contributed by atoms with Gasteiger partial charge in [-0.25, -0.2) is 0 Å². The van der Waals surface area contributed by atoms with Crippen LogP contribution in [0.5, 0.6) is 0 Å². The topological polar surface area (TPSA) is 158 Å². The van der Waals surface area contributed by atoms with E-state index >= 15 is 0 Å². The van der Waals surface area contributed by atoms with Crippen molar-refractivity contribution in [3.05, 3.63) is 53.1 Å². The number of nitriles is 1. The number of rotatable bonds is 6. The van der Waals surface area contributed by atoms with Gasteiger partial charge in [0.1, 0.15) is 12.7 Å². The monoisotopic (exact) mass is 547 g/mol. The number of ether oxygens (including phenoxy) is 2. The van der Waals surface area contributed by atoms with Crippen LogP contribution in [-0.4, -0.2) is 67.9 Å². The normalized spacial score (nSPS) is 19.0. The summed E-state index contributed by atoms with van der Waals surface area (Å²) in [6.45, 7) is 0.250. The predicted octanol–water partition coefficient (Wildman–Crippen LogP) is 1.13. The van der Waals surface area contributed by atoms with Crippen LogP contribution in [-0.2, 0) is 36.6 Å². The second-order valence-electron chi connectivity index (χ2n) is 8.70. The van der Waals surface area contributed by atoms with Gasteiger partial charge in [-0.05, 0) is 35.9 Å². The lowest BCUT2D eigenvalue weighted by Crippen LogP contribution is -2.55. The highest BCUT2D eigenvalue weighted by Crippen LogP contribution is 2.35. The second kappa shape index (κ2) is 11.4. The van der Waals surface area contributed by atoms with Crippen LogP contribution in [0.15, 0.2) is 36.4 Å². The van der Waals surface area contributed by atoms with Crippen LogP contribution in [0.3, 0.4) is 0 Å². The largest absolute Gasteiger partial charge is 0.417 e. The minimum atomic E-state index is -4.91. The average Bonchev–Trinajstić information content (AvgIpc) is 2.92. The molecular formula is C25H24F3N5O6. The fourth-order valence-electron chi connectivity index (χ4n) is 4.35. The smallest absolute Gasteiger partial charge is 0.380 e. The van der Waals surface area contributed by atoms with E-state index in [-0.39, 0.29) is 36.9 Å². The van der Waals surface area contributed by atoms with E-state index in [1.807, 2.05) is 0 Å². The summed E-state index contributed by atoms with van der Waals surface area (Å²) in [4.78, 5) is 41.0. The van der Waals surface area contributed by atoms with Gasteiger partial charge < -0.3 is 35.4 Å². The Balaban J connectivity index is 1.53. The van der Waals surface area contributed by atoms with E-state index in [4.69, 9.17) is 20.5 Å². The highest BCUT2D eigenvalue weighted by atomic mass is 19.4. The molecule has 4 rings (SSSR count). The van der Waals surface area contributed by atoms with Gasteiger partial charge in [-0.15, -0.1) is 0 Å². The number of benzene rings is 2. The Bertz CT molecular complexity index is 1330. The average molecular weight is 547 g/mol. The number of halogens is 3. The molecule has 0 unspecified atom stereocenters. The molecule has 4 N–H and O–H groups in total. The van der Waals surface area contributed by atoms with Gasteiger partial charge in [0.2, 0.25) is 0 Å². The molecule has 2 aromatic rings. The number of anilines is 3. The van der Waals surface area contributed by atoms with Crippen molar-refractivity contribution in [2.45, 2.75) is 24.9 Å². The van der Waals surface area contributed by atoms with Crippen molar-refractivity contribution >= 4 is 34.8 Å². The van der Waals surface area contributed by atoms with E-state index < -0.39 is 47.9 Å². The Hall–Kier alpha value is -4.03.